The Labute approximate surface area is 111 Å². The molecule has 0 saturated carbocycles. The monoisotopic (exact) mass is 254 g/mol. The van der Waals surface area contributed by atoms with E-state index in [0.717, 1.165) is 16.8 Å². The molecule has 0 bridgehead atoms. The van der Waals surface area contributed by atoms with Crippen LogP contribution in [0.2, 0.25) is 0 Å². The van der Waals surface area contributed by atoms with Crippen LogP contribution < -0.4 is 5.32 Å². The number of aliphatic imine (C=N–C) groups is 1. The van der Waals surface area contributed by atoms with Crippen LogP contribution >= 0.6 is 0 Å². The van der Waals surface area contributed by atoms with Crippen molar-refractivity contribution in [2.45, 2.75) is 6.04 Å². The zero-order valence-corrected chi connectivity index (χ0v) is 10.6. The number of benzene rings is 2. The lowest BCUT2D eigenvalue weighted by Crippen LogP contribution is -2.38. The van der Waals surface area contributed by atoms with Gasteiger partial charge in [0.1, 0.15) is 11.9 Å². The molecular weight excluding hydrogens is 240 g/mol. The van der Waals surface area contributed by atoms with Gasteiger partial charge in [-0.25, -0.2) is 4.79 Å². The third-order valence-electron chi connectivity index (χ3n) is 3.25. The highest BCUT2D eigenvalue weighted by atomic mass is 16.5. The molecule has 1 aliphatic rings. The molecule has 1 atom stereocenters. The van der Waals surface area contributed by atoms with Crippen molar-refractivity contribution in [2.24, 2.45) is 4.99 Å². The van der Waals surface area contributed by atoms with Gasteiger partial charge in [-0.3, -0.25) is 4.99 Å². The molecule has 0 fully saturated rings. The van der Waals surface area contributed by atoms with Crippen molar-refractivity contribution < 1.29 is 9.53 Å². The third-order valence-corrected chi connectivity index (χ3v) is 3.25. The number of fused-ring (bicyclic) bond motifs is 1. The Morgan fingerprint density at radius 2 is 2.05 bits per heavy atom. The van der Waals surface area contributed by atoms with Gasteiger partial charge in [-0.15, -0.1) is 0 Å². The van der Waals surface area contributed by atoms with Crippen molar-refractivity contribution in [3.63, 3.8) is 0 Å². The van der Waals surface area contributed by atoms with Crippen LogP contribution in [-0.4, -0.2) is 31.5 Å². The van der Waals surface area contributed by atoms with E-state index < -0.39 is 0 Å². The van der Waals surface area contributed by atoms with Crippen LogP contribution in [-0.2, 0) is 9.53 Å². The van der Waals surface area contributed by atoms with Crippen molar-refractivity contribution in [1.82, 2.24) is 5.32 Å². The molecule has 2 aromatic carbocycles. The van der Waals surface area contributed by atoms with E-state index in [0.29, 0.717) is 6.54 Å². The predicted octanol–water partition coefficient (Wildman–Crippen LogP) is 1.73. The number of amidine groups is 1. The molecule has 0 radical (unpaired) electrons. The largest absolute Gasteiger partial charge is 0.467 e. The lowest BCUT2D eigenvalue weighted by Gasteiger charge is -2.09. The fourth-order valence-corrected chi connectivity index (χ4v) is 2.23. The van der Waals surface area contributed by atoms with Crippen molar-refractivity contribution in [3.8, 4) is 0 Å². The number of ether oxygens (including phenoxy) is 1. The summed E-state index contributed by atoms with van der Waals surface area (Å²) in [6.45, 7) is 0.425. The second-order valence-corrected chi connectivity index (χ2v) is 4.47. The molecule has 1 unspecified atom stereocenters. The zero-order valence-electron chi connectivity index (χ0n) is 10.6. The number of hydrogen-bond acceptors (Lipinski definition) is 4. The third kappa shape index (κ3) is 2.17. The summed E-state index contributed by atoms with van der Waals surface area (Å²) in [6, 6.07) is 13.9. The standard InChI is InChI=1S/C15H14N2O2/c1-19-15(18)13-9-16-14(17-13)12-7-6-10-4-2-3-5-11(10)8-12/h2-8,13H,9H2,1H3,(H,16,17). The van der Waals surface area contributed by atoms with Gasteiger partial charge in [0.05, 0.1) is 13.7 Å². The van der Waals surface area contributed by atoms with Crippen LogP contribution in [0.15, 0.2) is 47.5 Å². The van der Waals surface area contributed by atoms with Crippen LogP contribution in [0.4, 0.5) is 0 Å². The van der Waals surface area contributed by atoms with Gasteiger partial charge in [0, 0.05) is 5.56 Å². The number of hydrogen-bond donors (Lipinski definition) is 1. The fraction of sp³-hybridized carbons (Fsp3) is 0.200. The smallest absolute Gasteiger partial charge is 0.330 e. The Hall–Kier alpha value is -2.36. The average Bonchev–Trinajstić information content (AvgIpc) is 2.95. The summed E-state index contributed by atoms with van der Waals surface area (Å²) >= 11 is 0. The van der Waals surface area contributed by atoms with Gasteiger partial charge in [-0.05, 0) is 16.8 Å². The average molecular weight is 254 g/mol. The maximum atomic E-state index is 11.4. The molecule has 3 rings (SSSR count). The van der Waals surface area contributed by atoms with Gasteiger partial charge >= 0.3 is 5.97 Å². The summed E-state index contributed by atoms with van der Waals surface area (Å²) < 4.78 is 4.71. The second kappa shape index (κ2) is 4.72. The topological polar surface area (TPSA) is 50.7 Å². The number of esters is 1. The minimum atomic E-state index is -0.369. The lowest BCUT2D eigenvalue weighted by atomic mass is 10.1. The molecule has 0 amide bonds. The first kappa shape index (κ1) is 11.7. The maximum absolute atomic E-state index is 11.4. The van der Waals surface area contributed by atoms with E-state index in [9.17, 15) is 4.79 Å². The second-order valence-electron chi connectivity index (χ2n) is 4.47. The minimum absolute atomic E-state index is 0.278. The Balaban J connectivity index is 1.87. The number of rotatable bonds is 2. The molecule has 0 spiro atoms. The van der Waals surface area contributed by atoms with Crippen molar-refractivity contribution in [3.05, 3.63) is 48.0 Å². The van der Waals surface area contributed by atoms with Crippen LogP contribution in [0.5, 0.6) is 0 Å². The molecule has 1 heterocycles. The van der Waals surface area contributed by atoms with Gasteiger partial charge in [0.2, 0.25) is 0 Å². The number of carbonyl (C=O) groups excluding carboxylic acids is 1. The SMILES string of the molecule is COC(=O)C1CN=C(c2ccc3ccccc3c2)N1. The quantitative estimate of drug-likeness (QED) is 0.830. The van der Waals surface area contributed by atoms with Crippen LogP contribution in [0, 0.1) is 0 Å². The normalized spacial score (nSPS) is 17.9. The van der Waals surface area contributed by atoms with E-state index in [-0.39, 0.29) is 12.0 Å². The molecule has 0 aromatic heterocycles. The number of nitrogens with one attached hydrogen (secondary N) is 1. The summed E-state index contributed by atoms with van der Waals surface area (Å²) in [5.41, 5.74) is 0.991. The van der Waals surface area contributed by atoms with Crippen molar-refractivity contribution in [1.29, 1.82) is 0 Å². The highest BCUT2D eigenvalue weighted by Gasteiger charge is 2.25. The first-order chi connectivity index (χ1) is 9.28. The summed E-state index contributed by atoms with van der Waals surface area (Å²) in [7, 11) is 1.39. The zero-order chi connectivity index (χ0) is 13.2. The van der Waals surface area contributed by atoms with Gasteiger partial charge in [-0.1, -0.05) is 36.4 Å². The summed E-state index contributed by atoms with van der Waals surface area (Å²) in [4.78, 5) is 15.8. The summed E-state index contributed by atoms with van der Waals surface area (Å²) in [5.74, 6) is 0.473. The molecule has 1 N–H and O–H groups in total. The Morgan fingerprint density at radius 1 is 1.26 bits per heavy atom. The highest BCUT2D eigenvalue weighted by molar-refractivity contribution is 6.05. The van der Waals surface area contributed by atoms with Crippen molar-refractivity contribution >= 4 is 22.6 Å². The number of nitrogens with zero attached hydrogens (tertiary/aromatic N) is 1. The van der Waals surface area contributed by atoms with E-state index >= 15 is 0 Å². The summed E-state index contributed by atoms with van der Waals surface area (Å²) in [6.07, 6.45) is 0. The van der Waals surface area contributed by atoms with Gasteiger partial charge < -0.3 is 10.1 Å². The molecule has 0 aliphatic carbocycles. The molecule has 4 heteroatoms. The number of methoxy groups -OCH3 is 1. The van der Waals surface area contributed by atoms with Gasteiger partial charge in [0.25, 0.3) is 0 Å². The Bertz CT molecular complexity index is 664. The molecular formula is C15H14N2O2. The van der Waals surface area contributed by atoms with Gasteiger partial charge in [-0.2, -0.15) is 0 Å². The fourth-order valence-electron chi connectivity index (χ4n) is 2.23. The first-order valence-corrected chi connectivity index (χ1v) is 6.16. The maximum Gasteiger partial charge on any atom is 0.330 e. The van der Waals surface area contributed by atoms with E-state index in [1.54, 1.807) is 0 Å². The Morgan fingerprint density at radius 3 is 2.84 bits per heavy atom. The molecule has 4 nitrogen and oxygen atoms in total. The van der Waals surface area contributed by atoms with E-state index in [4.69, 9.17) is 4.74 Å². The lowest BCUT2D eigenvalue weighted by molar-refractivity contribution is -0.142. The minimum Gasteiger partial charge on any atom is -0.467 e. The molecule has 0 saturated heterocycles. The molecule has 19 heavy (non-hydrogen) atoms. The summed E-state index contributed by atoms with van der Waals surface area (Å²) in [5, 5.41) is 5.45. The molecule has 96 valence electrons. The van der Waals surface area contributed by atoms with Gasteiger partial charge in [0.15, 0.2) is 0 Å². The van der Waals surface area contributed by atoms with Crippen LogP contribution in [0.1, 0.15) is 5.56 Å². The van der Waals surface area contributed by atoms with Crippen molar-refractivity contribution in [2.75, 3.05) is 13.7 Å². The van der Waals surface area contributed by atoms with E-state index in [2.05, 4.69) is 34.6 Å². The number of carbonyl (C=O) groups is 1. The highest BCUT2D eigenvalue weighted by Crippen LogP contribution is 2.17. The first-order valence-electron chi connectivity index (χ1n) is 6.16. The van der Waals surface area contributed by atoms with Crippen LogP contribution in [0.3, 0.4) is 0 Å². The van der Waals surface area contributed by atoms with Crippen LogP contribution in [0.25, 0.3) is 10.8 Å². The van der Waals surface area contributed by atoms with E-state index in [1.807, 2.05) is 18.2 Å². The Kier molecular flexibility index (Phi) is 2.91. The predicted molar refractivity (Wildman–Crippen MR) is 74.3 cm³/mol. The van der Waals surface area contributed by atoms with E-state index in [1.165, 1.54) is 12.5 Å². The molecule has 2 aromatic rings. The molecule has 1 aliphatic heterocycles.